The number of para-hydroxylation sites is 1. The third kappa shape index (κ3) is 5.25. The molecule has 1 aromatic rings. The van der Waals surface area contributed by atoms with Crippen LogP contribution in [0.15, 0.2) is 24.3 Å². The highest BCUT2D eigenvalue weighted by molar-refractivity contribution is 14.1. The molecule has 2 rings (SSSR count). The summed E-state index contributed by atoms with van der Waals surface area (Å²) in [5, 5.41) is 2.94. The lowest BCUT2D eigenvalue weighted by Crippen LogP contribution is -2.45. The van der Waals surface area contributed by atoms with Gasteiger partial charge in [-0.15, -0.1) is 12.4 Å². The molecule has 1 heterocycles. The first-order chi connectivity index (χ1) is 8.65. The highest BCUT2D eigenvalue weighted by Gasteiger charge is 2.18. The molecule has 19 heavy (non-hydrogen) atoms. The maximum atomic E-state index is 11.9. The lowest BCUT2D eigenvalue weighted by Gasteiger charge is -2.29. The van der Waals surface area contributed by atoms with Crippen LogP contribution in [0, 0.1) is 3.57 Å². The molecule has 0 aromatic heterocycles. The van der Waals surface area contributed by atoms with Gasteiger partial charge in [-0.05, 0) is 54.1 Å². The molecule has 0 bridgehead atoms. The second kappa shape index (κ2) is 8.04. The number of piperidine rings is 1. The number of amides is 1. The van der Waals surface area contributed by atoms with Crippen molar-refractivity contribution in [1.82, 2.24) is 4.90 Å². The summed E-state index contributed by atoms with van der Waals surface area (Å²) in [4.78, 5) is 14.1. The Morgan fingerprint density at radius 3 is 2.89 bits per heavy atom. The van der Waals surface area contributed by atoms with Crippen molar-refractivity contribution in [2.24, 2.45) is 5.73 Å². The highest BCUT2D eigenvalue weighted by Crippen LogP contribution is 2.17. The predicted molar refractivity (Wildman–Crippen MR) is 88.7 cm³/mol. The minimum Gasteiger partial charge on any atom is -0.327 e. The smallest absolute Gasteiger partial charge is 0.238 e. The standard InChI is InChI=1S/C13H18IN3O.ClH/c14-11-5-1-2-6-12(11)16-13(18)9-17-7-3-4-10(15)8-17;/h1-2,5-6,10H,3-4,7-9,15H2,(H,16,18);1H. The van der Waals surface area contributed by atoms with Crippen molar-refractivity contribution in [1.29, 1.82) is 0 Å². The van der Waals surface area contributed by atoms with Crippen LogP contribution in [-0.4, -0.2) is 36.5 Å². The van der Waals surface area contributed by atoms with Gasteiger partial charge in [-0.3, -0.25) is 9.69 Å². The molecule has 0 spiro atoms. The van der Waals surface area contributed by atoms with E-state index in [1.165, 1.54) is 0 Å². The first-order valence-electron chi connectivity index (χ1n) is 6.17. The van der Waals surface area contributed by atoms with Crippen molar-refractivity contribution in [3.63, 3.8) is 0 Å². The third-order valence-electron chi connectivity index (χ3n) is 3.06. The second-order valence-electron chi connectivity index (χ2n) is 4.67. The minimum absolute atomic E-state index is 0. The summed E-state index contributed by atoms with van der Waals surface area (Å²) in [5.74, 6) is 0.0354. The fourth-order valence-corrected chi connectivity index (χ4v) is 2.71. The van der Waals surface area contributed by atoms with E-state index >= 15 is 0 Å². The Labute approximate surface area is 133 Å². The lowest BCUT2D eigenvalue weighted by molar-refractivity contribution is -0.117. The van der Waals surface area contributed by atoms with Crippen molar-refractivity contribution in [3.05, 3.63) is 27.8 Å². The number of hydrogen-bond acceptors (Lipinski definition) is 3. The molecule has 1 amide bonds. The molecule has 6 heteroatoms. The summed E-state index contributed by atoms with van der Waals surface area (Å²) in [7, 11) is 0. The summed E-state index contributed by atoms with van der Waals surface area (Å²) in [6, 6.07) is 7.99. The van der Waals surface area contributed by atoms with Crippen LogP contribution >= 0.6 is 35.0 Å². The fraction of sp³-hybridized carbons (Fsp3) is 0.462. The highest BCUT2D eigenvalue weighted by atomic mass is 127. The van der Waals surface area contributed by atoms with Gasteiger partial charge in [-0.1, -0.05) is 12.1 Å². The molecule has 4 nitrogen and oxygen atoms in total. The molecule has 1 atom stereocenters. The number of carbonyl (C=O) groups is 1. The van der Waals surface area contributed by atoms with E-state index in [-0.39, 0.29) is 24.4 Å². The Hall–Kier alpha value is -0.370. The number of rotatable bonds is 3. The number of anilines is 1. The minimum atomic E-state index is 0. The Kier molecular flexibility index (Phi) is 7.06. The fourth-order valence-electron chi connectivity index (χ4n) is 2.19. The molecule has 1 fully saturated rings. The summed E-state index contributed by atoms with van der Waals surface area (Å²) < 4.78 is 1.05. The monoisotopic (exact) mass is 395 g/mol. The van der Waals surface area contributed by atoms with Crippen molar-refractivity contribution < 1.29 is 4.79 Å². The molecule has 1 aliphatic heterocycles. The van der Waals surface area contributed by atoms with Gasteiger partial charge < -0.3 is 11.1 Å². The molecule has 0 saturated carbocycles. The number of nitrogens with two attached hydrogens (primary N) is 1. The van der Waals surface area contributed by atoms with Gasteiger partial charge in [0, 0.05) is 16.2 Å². The van der Waals surface area contributed by atoms with Crippen LogP contribution in [0.4, 0.5) is 5.69 Å². The van der Waals surface area contributed by atoms with Crippen molar-refractivity contribution in [2.45, 2.75) is 18.9 Å². The normalized spacial score (nSPS) is 19.6. The van der Waals surface area contributed by atoms with Crippen molar-refractivity contribution in [3.8, 4) is 0 Å². The average molecular weight is 396 g/mol. The van der Waals surface area contributed by atoms with E-state index in [9.17, 15) is 4.79 Å². The first-order valence-corrected chi connectivity index (χ1v) is 7.25. The van der Waals surface area contributed by atoms with Gasteiger partial charge in [0.2, 0.25) is 5.91 Å². The van der Waals surface area contributed by atoms with Crippen LogP contribution in [0.3, 0.4) is 0 Å². The molecule has 1 aliphatic rings. The third-order valence-corrected chi connectivity index (χ3v) is 4.00. The van der Waals surface area contributed by atoms with E-state index in [0.717, 1.165) is 35.2 Å². The second-order valence-corrected chi connectivity index (χ2v) is 5.83. The van der Waals surface area contributed by atoms with Crippen molar-refractivity contribution >= 4 is 46.6 Å². The van der Waals surface area contributed by atoms with Gasteiger partial charge in [0.1, 0.15) is 0 Å². The molecule has 106 valence electrons. The van der Waals surface area contributed by atoms with Gasteiger partial charge in [0.15, 0.2) is 0 Å². The zero-order chi connectivity index (χ0) is 13.0. The van der Waals surface area contributed by atoms with Crippen LogP contribution in [-0.2, 0) is 4.79 Å². The number of carbonyl (C=O) groups excluding carboxylic acids is 1. The summed E-state index contributed by atoms with van der Waals surface area (Å²) in [5.41, 5.74) is 6.78. The number of halogens is 2. The van der Waals surface area contributed by atoms with Crippen LogP contribution in [0.1, 0.15) is 12.8 Å². The van der Waals surface area contributed by atoms with Crippen LogP contribution in [0.25, 0.3) is 0 Å². The Balaban J connectivity index is 0.00000180. The molecule has 1 aromatic carbocycles. The Morgan fingerprint density at radius 1 is 1.47 bits per heavy atom. The van der Waals surface area contributed by atoms with Crippen molar-refractivity contribution in [2.75, 3.05) is 25.0 Å². The maximum Gasteiger partial charge on any atom is 0.238 e. The van der Waals surface area contributed by atoms with Gasteiger partial charge in [0.25, 0.3) is 0 Å². The number of hydrogen-bond donors (Lipinski definition) is 2. The number of nitrogens with one attached hydrogen (secondary N) is 1. The van der Waals surface area contributed by atoms with Crippen LogP contribution in [0.5, 0.6) is 0 Å². The molecular formula is C13H19ClIN3O. The van der Waals surface area contributed by atoms with Crippen LogP contribution < -0.4 is 11.1 Å². The molecule has 0 radical (unpaired) electrons. The molecule has 3 N–H and O–H groups in total. The lowest BCUT2D eigenvalue weighted by atomic mass is 10.1. The maximum absolute atomic E-state index is 11.9. The molecule has 0 aliphatic carbocycles. The van der Waals surface area contributed by atoms with Gasteiger partial charge in [0.05, 0.1) is 12.2 Å². The number of benzene rings is 1. The number of likely N-dealkylation sites (tertiary alicyclic amines) is 1. The van der Waals surface area contributed by atoms with E-state index in [1.54, 1.807) is 0 Å². The van der Waals surface area contributed by atoms with E-state index in [0.29, 0.717) is 6.54 Å². The largest absolute Gasteiger partial charge is 0.327 e. The topological polar surface area (TPSA) is 58.4 Å². The van der Waals surface area contributed by atoms with E-state index in [4.69, 9.17) is 5.73 Å². The predicted octanol–water partition coefficient (Wildman–Crippen LogP) is 2.07. The quantitative estimate of drug-likeness (QED) is 0.771. The summed E-state index contributed by atoms with van der Waals surface area (Å²) >= 11 is 2.22. The van der Waals surface area contributed by atoms with E-state index < -0.39 is 0 Å². The summed E-state index contributed by atoms with van der Waals surface area (Å²) in [6.45, 7) is 2.21. The van der Waals surface area contributed by atoms with E-state index in [1.807, 2.05) is 24.3 Å². The molecule has 1 saturated heterocycles. The van der Waals surface area contributed by atoms with Crippen LogP contribution in [0.2, 0.25) is 0 Å². The van der Waals surface area contributed by atoms with Gasteiger partial charge in [-0.2, -0.15) is 0 Å². The molecular weight excluding hydrogens is 377 g/mol. The first kappa shape index (κ1) is 16.7. The zero-order valence-electron chi connectivity index (χ0n) is 10.6. The molecule has 1 unspecified atom stereocenters. The average Bonchev–Trinajstić information content (AvgIpc) is 2.32. The zero-order valence-corrected chi connectivity index (χ0v) is 13.6. The number of nitrogens with zero attached hydrogens (tertiary/aromatic N) is 1. The van der Waals surface area contributed by atoms with Gasteiger partial charge >= 0.3 is 0 Å². The SMILES string of the molecule is Cl.NC1CCCN(CC(=O)Nc2ccccc2I)C1. The van der Waals surface area contributed by atoms with E-state index in [2.05, 4.69) is 32.8 Å². The Bertz CT molecular complexity index is 430. The summed E-state index contributed by atoms with van der Waals surface area (Å²) in [6.07, 6.45) is 2.14. The Morgan fingerprint density at radius 2 is 2.21 bits per heavy atom. The van der Waals surface area contributed by atoms with Gasteiger partial charge in [-0.25, -0.2) is 0 Å².